The minimum atomic E-state index is -0.547. The van der Waals surface area contributed by atoms with E-state index in [9.17, 15) is 9.59 Å². The zero-order valence-electron chi connectivity index (χ0n) is 16.3. The maximum absolute atomic E-state index is 12.8. The van der Waals surface area contributed by atoms with Crippen LogP contribution in [0.1, 0.15) is 11.1 Å². The lowest BCUT2D eigenvalue weighted by Crippen LogP contribution is -2.49. The monoisotopic (exact) mass is 400 g/mol. The molecule has 2 N–H and O–H groups in total. The highest BCUT2D eigenvalue weighted by Gasteiger charge is 2.26. The highest BCUT2D eigenvalue weighted by molar-refractivity contribution is 6.19. The van der Waals surface area contributed by atoms with Gasteiger partial charge in [0.2, 0.25) is 0 Å². The molecule has 0 atom stereocenters. The second-order valence-corrected chi connectivity index (χ2v) is 6.58. The van der Waals surface area contributed by atoms with Gasteiger partial charge in [-0.3, -0.25) is 9.79 Å². The molecule has 3 amide bonds. The molecule has 1 aliphatic heterocycles. The Morgan fingerprint density at radius 2 is 1.77 bits per heavy atom. The fraction of sp³-hybridized carbons (Fsp3) is 0.0870. The Labute approximate surface area is 174 Å². The first-order valence-electron chi connectivity index (χ1n) is 9.39. The van der Waals surface area contributed by atoms with Gasteiger partial charge in [-0.15, -0.1) is 0 Å². The molecule has 0 saturated heterocycles. The van der Waals surface area contributed by atoms with Gasteiger partial charge >= 0.3 is 6.03 Å². The number of methoxy groups -OCH3 is 1. The van der Waals surface area contributed by atoms with Gasteiger partial charge < -0.3 is 10.1 Å². The van der Waals surface area contributed by atoms with Crippen LogP contribution in [-0.2, 0) is 4.79 Å². The summed E-state index contributed by atoms with van der Waals surface area (Å²) in [5.74, 6) is 0.277. The molecule has 30 heavy (non-hydrogen) atoms. The number of hydrogen-bond donors (Lipinski definition) is 2. The first kappa shape index (κ1) is 19.2. The topological polar surface area (TPSA) is 83.0 Å². The van der Waals surface area contributed by atoms with Crippen LogP contribution >= 0.6 is 0 Å². The number of fused-ring (bicyclic) bond motifs is 1. The molecule has 3 aromatic rings. The van der Waals surface area contributed by atoms with Crippen LogP contribution in [0.2, 0.25) is 0 Å². The summed E-state index contributed by atoms with van der Waals surface area (Å²) >= 11 is 0. The molecule has 0 saturated carbocycles. The van der Waals surface area contributed by atoms with Crippen molar-refractivity contribution < 1.29 is 14.3 Å². The molecule has 0 radical (unpaired) electrons. The van der Waals surface area contributed by atoms with E-state index in [1.807, 2.05) is 48.5 Å². The summed E-state index contributed by atoms with van der Waals surface area (Å²) in [6.45, 7) is -0.0850. The van der Waals surface area contributed by atoms with Crippen LogP contribution in [0.5, 0.6) is 5.75 Å². The average molecular weight is 400 g/mol. The second-order valence-electron chi connectivity index (χ2n) is 6.58. The summed E-state index contributed by atoms with van der Waals surface area (Å²) in [7, 11) is 1.55. The minimum absolute atomic E-state index is 0.0850. The molecule has 1 aliphatic rings. The number of benzodiazepines with no additional fused rings is 1. The summed E-state index contributed by atoms with van der Waals surface area (Å²) < 4.78 is 5.17. The van der Waals surface area contributed by atoms with Crippen molar-refractivity contribution in [1.82, 2.24) is 5.43 Å². The molecule has 0 aliphatic carbocycles. The van der Waals surface area contributed by atoms with Crippen LogP contribution in [0, 0.1) is 0 Å². The lowest BCUT2D eigenvalue weighted by atomic mass is 10.0. The number of para-hydroxylation sites is 1. The predicted molar refractivity (Wildman–Crippen MR) is 116 cm³/mol. The van der Waals surface area contributed by atoms with Crippen LogP contribution in [0.15, 0.2) is 83.9 Å². The highest BCUT2D eigenvalue weighted by Crippen LogP contribution is 2.26. The number of hydrazine groups is 1. The fourth-order valence-corrected chi connectivity index (χ4v) is 3.23. The molecule has 7 nitrogen and oxygen atoms in total. The molecular formula is C23H20N4O3. The predicted octanol–water partition coefficient (Wildman–Crippen LogP) is 3.62. The number of carbonyl (C=O) groups excluding carboxylic acids is 2. The maximum atomic E-state index is 12.8. The van der Waals surface area contributed by atoms with Crippen LogP contribution in [0.25, 0.3) is 0 Å². The van der Waals surface area contributed by atoms with E-state index in [2.05, 4.69) is 15.7 Å². The normalized spacial score (nSPS) is 13.0. The van der Waals surface area contributed by atoms with Gasteiger partial charge in [-0.1, -0.05) is 54.6 Å². The number of urea groups is 1. The van der Waals surface area contributed by atoms with Crippen molar-refractivity contribution in [3.8, 4) is 5.75 Å². The summed E-state index contributed by atoms with van der Waals surface area (Å²) in [5, 5.41) is 3.96. The Balaban J connectivity index is 1.61. The van der Waals surface area contributed by atoms with E-state index in [1.165, 1.54) is 5.01 Å². The Morgan fingerprint density at radius 3 is 2.57 bits per heavy atom. The van der Waals surface area contributed by atoms with Gasteiger partial charge in [0.25, 0.3) is 5.91 Å². The van der Waals surface area contributed by atoms with Crippen LogP contribution in [-0.4, -0.2) is 31.3 Å². The third kappa shape index (κ3) is 4.00. The summed E-state index contributed by atoms with van der Waals surface area (Å²) in [6.07, 6.45) is 0. The highest BCUT2D eigenvalue weighted by atomic mass is 16.5. The zero-order valence-corrected chi connectivity index (χ0v) is 16.3. The van der Waals surface area contributed by atoms with Crippen molar-refractivity contribution in [2.75, 3.05) is 24.0 Å². The van der Waals surface area contributed by atoms with Crippen molar-refractivity contribution >= 4 is 29.0 Å². The number of hydrogen-bond acceptors (Lipinski definition) is 4. The van der Waals surface area contributed by atoms with Gasteiger partial charge in [0.15, 0.2) is 0 Å². The van der Waals surface area contributed by atoms with Crippen LogP contribution < -0.4 is 20.5 Å². The molecule has 1 heterocycles. The molecule has 150 valence electrons. The first-order chi connectivity index (χ1) is 14.7. The molecule has 0 bridgehead atoms. The molecule has 4 rings (SSSR count). The number of amides is 3. The summed E-state index contributed by atoms with van der Waals surface area (Å²) in [5.41, 5.74) is 6.12. The van der Waals surface area contributed by atoms with E-state index in [1.54, 1.807) is 37.4 Å². The number of anilines is 2. The van der Waals surface area contributed by atoms with Crippen LogP contribution in [0.4, 0.5) is 16.2 Å². The Bertz CT molecular complexity index is 1110. The van der Waals surface area contributed by atoms with E-state index in [0.717, 1.165) is 11.1 Å². The van der Waals surface area contributed by atoms with Gasteiger partial charge in [-0.25, -0.2) is 15.2 Å². The van der Waals surface area contributed by atoms with Gasteiger partial charge in [0, 0.05) is 22.9 Å². The molecule has 7 heteroatoms. The standard InChI is InChI=1S/C23H20N4O3/c1-30-18-11-7-10-17(14-18)25-23(29)26-27-20-13-6-5-12-19(20)22(24-15-21(27)28)16-8-3-2-4-9-16/h2-14H,15H2,1H3,(H2,25,26,29). The third-order valence-electron chi connectivity index (χ3n) is 4.61. The number of rotatable bonds is 4. The number of benzene rings is 3. The minimum Gasteiger partial charge on any atom is -0.497 e. The van der Waals surface area contributed by atoms with E-state index in [-0.39, 0.29) is 12.5 Å². The van der Waals surface area contributed by atoms with E-state index in [4.69, 9.17) is 4.74 Å². The van der Waals surface area contributed by atoms with Gasteiger partial charge in [-0.2, -0.15) is 0 Å². The molecule has 0 fully saturated rings. The van der Waals surface area contributed by atoms with E-state index >= 15 is 0 Å². The smallest absolute Gasteiger partial charge is 0.338 e. The van der Waals surface area contributed by atoms with Crippen molar-refractivity contribution in [3.63, 3.8) is 0 Å². The van der Waals surface area contributed by atoms with E-state index < -0.39 is 6.03 Å². The second kappa shape index (κ2) is 8.48. The Kier molecular flexibility index (Phi) is 5.43. The quantitative estimate of drug-likeness (QED) is 0.702. The number of aliphatic imine (C=N–C) groups is 1. The SMILES string of the molecule is COc1cccc(NC(=O)NN2C(=O)CN=C(c3ccccc3)c3ccccc32)c1. The first-order valence-corrected chi connectivity index (χ1v) is 9.39. The summed E-state index contributed by atoms with van der Waals surface area (Å²) in [6, 6.07) is 23.4. The average Bonchev–Trinajstić information content (AvgIpc) is 2.91. The van der Waals surface area contributed by atoms with Gasteiger partial charge in [-0.05, 0) is 18.2 Å². The van der Waals surface area contributed by atoms with Crippen molar-refractivity contribution in [2.24, 2.45) is 4.99 Å². The lowest BCUT2D eigenvalue weighted by Gasteiger charge is -2.23. The molecular weight excluding hydrogens is 380 g/mol. The Morgan fingerprint density at radius 1 is 1.00 bits per heavy atom. The van der Waals surface area contributed by atoms with Crippen molar-refractivity contribution in [1.29, 1.82) is 0 Å². The fourth-order valence-electron chi connectivity index (χ4n) is 3.23. The van der Waals surface area contributed by atoms with Gasteiger partial charge in [0.05, 0.1) is 18.5 Å². The van der Waals surface area contributed by atoms with Crippen LogP contribution in [0.3, 0.4) is 0 Å². The zero-order chi connectivity index (χ0) is 20.9. The maximum Gasteiger partial charge on any atom is 0.338 e. The number of nitrogens with zero attached hydrogens (tertiary/aromatic N) is 2. The van der Waals surface area contributed by atoms with Crippen molar-refractivity contribution in [3.05, 3.63) is 90.0 Å². The number of ether oxygens (including phenoxy) is 1. The Hall–Kier alpha value is -4.13. The number of nitrogens with one attached hydrogen (secondary N) is 2. The molecule has 0 unspecified atom stereocenters. The summed E-state index contributed by atoms with van der Waals surface area (Å²) in [4.78, 5) is 29.9. The molecule has 0 spiro atoms. The van der Waals surface area contributed by atoms with Gasteiger partial charge in [0.1, 0.15) is 12.3 Å². The lowest BCUT2D eigenvalue weighted by molar-refractivity contribution is -0.117. The van der Waals surface area contributed by atoms with E-state index in [0.29, 0.717) is 22.8 Å². The molecule has 3 aromatic carbocycles. The largest absolute Gasteiger partial charge is 0.497 e. The molecule has 0 aromatic heterocycles. The third-order valence-corrected chi connectivity index (χ3v) is 4.61. The van der Waals surface area contributed by atoms with Crippen molar-refractivity contribution in [2.45, 2.75) is 0 Å². The number of carbonyl (C=O) groups is 2.